The van der Waals surface area contributed by atoms with Crippen molar-refractivity contribution in [2.75, 3.05) is 6.54 Å². The lowest BCUT2D eigenvalue weighted by atomic mass is 9.88. The van der Waals surface area contributed by atoms with E-state index >= 15 is 0 Å². The van der Waals surface area contributed by atoms with Crippen LogP contribution in [-0.4, -0.2) is 24.5 Å². The van der Waals surface area contributed by atoms with Gasteiger partial charge in [-0.25, -0.2) is 0 Å². The summed E-state index contributed by atoms with van der Waals surface area (Å²) in [5, 5.41) is 14.6. The van der Waals surface area contributed by atoms with Gasteiger partial charge in [-0.1, -0.05) is 13.8 Å². The lowest BCUT2D eigenvalue weighted by Gasteiger charge is -2.26. The molecule has 0 aliphatic carbocycles. The number of hydrogen-bond acceptors (Lipinski definition) is 3. The molecule has 0 aromatic carbocycles. The van der Waals surface area contributed by atoms with Crippen LogP contribution in [0.1, 0.15) is 47.5 Å². The fourth-order valence-corrected chi connectivity index (χ4v) is 1.41. The van der Waals surface area contributed by atoms with Gasteiger partial charge in [0.2, 0.25) is 5.91 Å². The first-order chi connectivity index (χ1) is 7.78. The quantitative estimate of drug-likeness (QED) is 0.712. The van der Waals surface area contributed by atoms with Gasteiger partial charge in [0.05, 0.1) is 12.1 Å². The summed E-state index contributed by atoms with van der Waals surface area (Å²) in [6.45, 7) is 10.7. The van der Waals surface area contributed by atoms with Crippen LogP contribution in [-0.2, 0) is 4.79 Å². The Morgan fingerprint density at radius 1 is 1.35 bits per heavy atom. The summed E-state index contributed by atoms with van der Waals surface area (Å²) in [6.07, 6.45) is 1.40. The number of nitrogens with zero attached hydrogens (tertiary/aromatic N) is 1. The van der Waals surface area contributed by atoms with Crippen LogP contribution in [0.4, 0.5) is 0 Å². The van der Waals surface area contributed by atoms with Gasteiger partial charge in [0.15, 0.2) is 0 Å². The van der Waals surface area contributed by atoms with Gasteiger partial charge < -0.3 is 10.6 Å². The van der Waals surface area contributed by atoms with Crippen molar-refractivity contribution < 1.29 is 4.79 Å². The van der Waals surface area contributed by atoms with E-state index in [1.807, 2.05) is 20.8 Å². The summed E-state index contributed by atoms with van der Waals surface area (Å²) in [4.78, 5) is 11.7. The maximum Gasteiger partial charge on any atom is 0.237 e. The molecule has 2 N–H and O–H groups in total. The van der Waals surface area contributed by atoms with Crippen LogP contribution in [0, 0.1) is 16.7 Å². The highest BCUT2D eigenvalue weighted by molar-refractivity contribution is 5.81. The minimum atomic E-state index is -0.196. The van der Waals surface area contributed by atoms with Gasteiger partial charge in [0.1, 0.15) is 0 Å². The third-order valence-electron chi connectivity index (χ3n) is 2.62. The Kier molecular flexibility index (Phi) is 6.82. The average molecular weight is 239 g/mol. The molecule has 0 rings (SSSR count). The van der Waals surface area contributed by atoms with Crippen LogP contribution in [0.5, 0.6) is 0 Å². The number of nitrogens with one attached hydrogen (secondary N) is 2. The molecule has 1 unspecified atom stereocenters. The van der Waals surface area contributed by atoms with Crippen LogP contribution >= 0.6 is 0 Å². The molecule has 0 fully saturated rings. The SMILES string of the molecule is CC(C)NC(=O)C(C)NCC(C)(C)CCC#N. The Labute approximate surface area is 105 Å². The minimum absolute atomic E-state index is 0.0242. The van der Waals surface area contributed by atoms with E-state index in [0.717, 1.165) is 13.0 Å². The highest BCUT2D eigenvalue weighted by Gasteiger charge is 2.20. The van der Waals surface area contributed by atoms with Gasteiger partial charge in [-0.15, -0.1) is 0 Å². The molecule has 17 heavy (non-hydrogen) atoms. The Morgan fingerprint density at radius 3 is 2.41 bits per heavy atom. The van der Waals surface area contributed by atoms with E-state index in [0.29, 0.717) is 6.42 Å². The molecule has 0 radical (unpaired) electrons. The molecule has 1 amide bonds. The Bertz CT molecular complexity index is 279. The molecular formula is C13H25N3O. The van der Waals surface area contributed by atoms with Crippen molar-refractivity contribution in [2.24, 2.45) is 5.41 Å². The number of nitriles is 1. The van der Waals surface area contributed by atoms with Crippen molar-refractivity contribution in [3.05, 3.63) is 0 Å². The first kappa shape index (κ1) is 15.9. The molecule has 0 spiro atoms. The molecule has 0 bridgehead atoms. The zero-order chi connectivity index (χ0) is 13.5. The Morgan fingerprint density at radius 2 is 1.94 bits per heavy atom. The van der Waals surface area contributed by atoms with Crippen LogP contribution in [0.3, 0.4) is 0 Å². The predicted molar refractivity (Wildman–Crippen MR) is 69.4 cm³/mol. The number of amides is 1. The fraction of sp³-hybridized carbons (Fsp3) is 0.846. The molecule has 98 valence electrons. The van der Waals surface area contributed by atoms with E-state index in [2.05, 4.69) is 30.6 Å². The average Bonchev–Trinajstić information content (AvgIpc) is 2.22. The Balaban J connectivity index is 4.02. The number of hydrogen-bond donors (Lipinski definition) is 2. The molecular weight excluding hydrogens is 214 g/mol. The normalized spacial score (nSPS) is 13.2. The third kappa shape index (κ3) is 7.76. The zero-order valence-electron chi connectivity index (χ0n) is 11.6. The summed E-state index contributed by atoms with van der Waals surface area (Å²) in [6, 6.07) is 2.12. The monoisotopic (exact) mass is 239 g/mol. The third-order valence-corrected chi connectivity index (χ3v) is 2.62. The van der Waals surface area contributed by atoms with E-state index in [9.17, 15) is 4.79 Å². The summed E-state index contributed by atoms with van der Waals surface area (Å²) >= 11 is 0. The smallest absolute Gasteiger partial charge is 0.237 e. The standard InChI is InChI=1S/C13H25N3O/c1-10(2)16-12(17)11(3)15-9-13(4,5)7-6-8-14/h10-11,15H,6-7,9H2,1-5H3,(H,16,17). The van der Waals surface area contributed by atoms with Crippen LogP contribution in [0.2, 0.25) is 0 Å². The van der Waals surface area contributed by atoms with Crippen molar-refractivity contribution in [2.45, 2.75) is 59.5 Å². The summed E-state index contributed by atoms with van der Waals surface area (Å²) in [5.74, 6) is 0.0242. The van der Waals surface area contributed by atoms with Crippen molar-refractivity contribution in [1.29, 1.82) is 5.26 Å². The molecule has 1 atom stereocenters. The topological polar surface area (TPSA) is 64.9 Å². The molecule has 0 saturated heterocycles. The van der Waals surface area contributed by atoms with Gasteiger partial charge in [-0.05, 0) is 32.6 Å². The second-order valence-corrected chi connectivity index (χ2v) is 5.59. The van der Waals surface area contributed by atoms with Crippen LogP contribution < -0.4 is 10.6 Å². The van der Waals surface area contributed by atoms with Gasteiger partial charge in [-0.3, -0.25) is 4.79 Å². The minimum Gasteiger partial charge on any atom is -0.353 e. The summed E-state index contributed by atoms with van der Waals surface area (Å²) in [7, 11) is 0. The van der Waals surface area contributed by atoms with Gasteiger partial charge in [0, 0.05) is 19.0 Å². The molecule has 4 nitrogen and oxygen atoms in total. The number of rotatable bonds is 7. The van der Waals surface area contributed by atoms with Gasteiger partial charge in [0.25, 0.3) is 0 Å². The maximum atomic E-state index is 11.7. The second-order valence-electron chi connectivity index (χ2n) is 5.59. The first-order valence-electron chi connectivity index (χ1n) is 6.19. The molecule has 4 heteroatoms. The van der Waals surface area contributed by atoms with Crippen LogP contribution in [0.15, 0.2) is 0 Å². The molecule has 0 aliphatic heterocycles. The van der Waals surface area contributed by atoms with Crippen LogP contribution in [0.25, 0.3) is 0 Å². The van der Waals surface area contributed by atoms with Crippen molar-refractivity contribution in [3.8, 4) is 6.07 Å². The van der Waals surface area contributed by atoms with Crippen molar-refractivity contribution in [1.82, 2.24) is 10.6 Å². The molecule has 0 aromatic rings. The fourth-order valence-electron chi connectivity index (χ4n) is 1.41. The zero-order valence-corrected chi connectivity index (χ0v) is 11.6. The highest BCUT2D eigenvalue weighted by Crippen LogP contribution is 2.20. The highest BCUT2D eigenvalue weighted by atomic mass is 16.2. The lowest BCUT2D eigenvalue weighted by Crippen LogP contribution is -2.47. The van der Waals surface area contributed by atoms with E-state index in [1.165, 1.54) is 0 Å². The number of carbonyl (C=O) groups excluding carboxylic acids is 1. The summed E-state index contributed by atoms with van der Waals surface area (Å²) in [5.41, 5.74) is 0.0438. The Hall–Kier alpha value is -1.08. The van der Waals surface area contributed by atoms with Crippen molar-refractivity contribution >= 4 is 5.91 Å². The second kappa shape index (κ2) is 7.29. The lowest BCUT2D eigenvalue weighted by molar-refractivity contribution is -0.123. The largest absolute Gasteiger partial charge is 0.353 e. The van der Waals surface area contributed by atoms with Gasteiger partial charge >= 0.3 is 0 Å². The molecule has 0 aromatic heterocycles. The van der Waals surface area contributed by atoms with E-state index in [-0.39, 0.29) is 23.4 Å². The van der Waals surface area contributed by atoms with E-state index < -0.39 is 0 Å². The molecule has 0 aliphatic rings. The summed E-state index contributed by atoms with van der Waals surface area (Å²) < 4.78 is 0. The maximum absolute atomic E-state index is 11.7. The van der Waals surface area contributed by atoms with Crippen molar-refractivity contribution in [3.63, 3.8) is 0 Å². The molecule has 0 saturated carbocycles. The number of carbonyl (C=O) groups is 1. The predicted octanol–water partition coefficient (Wildman–Crippen LogP) is 1.82. The van der Waals surface area contributed by atoms with Gasteiger partial charge in [-0.2, -0.15) is 5.26 Å². The first-order valence-corrected chi connectivity index (χ1v) is 6.19. The van der Waals surface area contributed by atoms with E-state index in [1.54, 1.807) is 0 Å². The molecule has 0 heterocycles. The van der Waals surface area contributed by atoms with E-state index in [4.69, 9.17) is 5.26 Å².